The van der Waals surface area contributed by atoms with Gasteiger partial charge >= 0.3 is 0 Å². The van der Waals surface area contributed by atoms with Crippen molar-refractivity contribution in [2.75, 3.05) is 32.8 Å². The number of nitrogens with zero attached hydrogens (tertiary/aromatic N) is 2. The first-order chi connectivity index (χ1) is 11.7. The molecule has 0 aromatic carbocycles. The van der Waals surface area contributed by atoms with Crippen molar-refractivity contribution >= 4 is 5.91 Å². The molecule has 1 amide bonds. The van der Waals surface area contributed by atoms with E-state index in [1.807, 2.05) is 13.0 Å². The number of carbonyl (C=O) groups is 1. The SMILES string of the molecule is Cc1ccc(CN2CC[C@@H]3OCC[C@H](C(=O)N4CCCC4)[C@H]3C2)o1. The van der Waals surface area contributed by atoms with Crippen molar-refractivity contribution in [3.05, 3.63) is 23.7 Å². The summed E-state index contributed by atoms with van der Waals surface area (Å²) in [6, 6.07) is 4.08. The largest absolute Gasteiger partial charge is 0.465 e. The Bertz CT molecular complexity index is 579. The molecule has 3 atom stereocenters. The van der Waals surface area contributed by atoms with Gasteiger partial charge in [0.05, 0.1) is 12.6 Å². The number of amides is 1. The summed E-state index contributed by atoms with van der Waals surface area (Å²) in [6.45, 7) is 7.41. The van der Waals surface area contributed by atoms with Gasteiger partial charge in [-0.3, -0.25) is 9.69 Å². The second-order valence-electron chi connectivity index (χ2n) is 7.54. The molecular formula is C19H28N2O3. The lowest BCUT2D eigenvalue weighted by Crippen LogP contribution is -2.53. The summed E-state index contributed by atoms with van der Waals surface area (Å²) >= 11 is 0. The van der Waals surface area contributed by atoms with E-state index in [1.54, 1.807) is 0 Å². The second kappa shape index (κ2) is 6.89. The van der Waals surface area contributed by atoms with Gasteiger partial charge in [-0.05, 0) is 44.7 Å². The van der Waals surface area contributed by atoms with E-state index in [0.29, 0.717) is 11.8 Å². The predicted molar refractivity (Wildman–Crippen MR) is 90.5 cm³/mol. The number of fused-ring (bicyclic) bond motifs is 1. The Labute approximate surface area is 143 Å². The molecule has 1 aromatic heterocycles. The molecule has 3 aliphatic heterocycles. The summed E-state index contributed by atoms with van der Waals surface area (Å²) in [5.74, 6) is 2.83. The monoisotopic (exact) mass is 332 g/mol. The smallest absolute Gasteiger partial charge is 0.226 e. The standard InChI is InChI=1S/C19H28N2O3/c1-14-4-5-15(24-14)12-20-10-6-18-17(13-20)16(7-11-23-18)19(22)21-8-2-3-9-21/h4-5,16-18H,2-3,6-13H2,1H3/t16-,17+,18-/m0/s1. The highest BCUT2D eigenvalue weighted by Crippen LogP contribution is 2.35. The van der Waals surface area contributed by atoms with Crippen LogP contribution in [-0.4, -0.2) is 54.6 Å². The van der Waals surface area contributed by atoms with Crippen molar-refractivity contribution in [3.8, 4) is 0 Å². The molecule has 3 saturated heterocycles. The van der Waals surface area contributed by atoms with E-state index in [-0.39, 0.29) is 12.0 Å². The summed E-state index contributed by atoms with van der Waals surface area (Å²) in [5.41, 5.74) is 0. The van der Waals surface area contributed by atoms with Gasteiger partial charge in [0.25, 0.3) is 0 Å². The Kier molecular flexibility index (Phi) is 4.63. The molecule has 24 heavy (non-hydrogen) atoms. The van der Waals surface area contributed by atoms with Crippen LogP contribution in [0.1, 0.15) is 37.2 Å². The summed E-state index contributed by atoms with van der Waals surface area (Å²) in [6.07, 6.45) is 4.48. The molecule has 0 bridgehead atoms. The Morgan fingerprint density at radius 3 is 2.79 bits per heavy atom. The van der Waals surface area contributed by atoms with Gasteiger partial charge in [-0.2, -0.15) is 0 Å². The fourth-order valence-corrected chi connectivity index (χ4v) is 4.60. The number of aryl methyl sites for hydroxylation is 1. The van der Waals surface area contributed by atoms with Crippen molar-refractivity contribution in [1.82, 2.24) is 9.80 Å². The molecule has 3 fully saturated rings. The first-order valence-electron chi connectivity index (χ1n) is 9.39. The van der Waals surface area contributed by atoms with Crippen LogP contribution < -0.4 is 0 Å². The Morgan fingerprint density at radius 2 is 2.04 bits per heavy atom. The highest BCUT2D eigenvalue weighted by molar-refractivity contribution is 5.79. The molecule has 0 radical (unpaired) electrons. The summed E-state index contributed by atoms with van der Waals surface area (Å²) in [5, 5.41) is 0. The van der Waals surface area contributed by atoms with E-state index in [0.717, 1.165) is 76.5 Å². The Morgan fingerprint density at radius 1 is 1.21 bits per heavy atom. The van der Waals surface area contributed by atoms with E-state index in [9.17, 15) is 4.79 Å². The number of hydrogen-bond acceptors (Lipinski definition) is 4. The van der Waals surface area contributed by atoms with Crippen molar-refractivity contribution < 1.29 is 13.9 Å². The lowest BCUT2D eigenvalue weighted by Gasteiger charge is -2.45. The molecule has 0 unspecified atom stereocenters. The minimum absolute atomic E-state index is 0.142. The van der Waals surface area contributed by atoms with Crippen LogP contribution in [0.3, 0.4) is 0 Å². The third-order valence-electron chi connectivity index (χ3n) is 5.86. The van der Waals surface area contributed by atoms with Gasteiger partial charge < -0.3 is 14.1 Å². The zero-order chi connectivity index (χ0) is 16.5. The van der Waals surface area contributed by atoms with Gasteiger partial charge in [-0.1, -0.05) is 0 Å². The van der Waals surface area contributed by atoms with Gasteiger partial charge in [0.15, 0.2) is 0 Å². The number of carbonyl (C=O) groups excluding carboxylic acids is 1. The normalized spacial score (nSPS) is 31.2. The van der Waals surface area contributed by atoms with Crippen LogP contribution in [0.4, 0.5) is 0 Å². The minimum atomic E-state index is 0.142. The fraction of sp³-hybridized carbons (Fsp3) is 0.737. The van der Waals surface area contributed by atoms with Crippen molar-refractivity contribution in [3.63, 3.8) is 0 Å². The molecule has 1 aromatic rings. The van der Waals surface area contributed by atoms with Crippen LogP contribution in [0.25, 0.3) is 0 Å². The lowest BCUT2D eigenvalue weighted by molar-refractivity contribution is -0.151. The molecule has 0 spiro atoms. The maximum atomic E-state index is 13.0. The average Bonchev–Trinajstić information content (AvgIpc) is 3.25. The number of likely N-dealkylation sites (tertiary alicyclic amines) is 2. The van der Waals surface area contributed by atoms with E-state index in [4.69, 9.17) is 9.15 Å². The number of ether oxygens (including phenoxy) is 1. The first kappa shape index (κ1) is 16.2. The number of piperidine rings is 1. The van der Waals surface area contributed by atoms with Gasteiger partial charge in [-0.25, -0.2) is 0 Å². The van der Waals surface area contributed by atoms with Gasteiger partial charge in [0.2, 0.25) is 5.91 Å². The van der Waals surface area contributed by atoms with Crippen molar-refractivity contribution in [1.29, 1.82) is 0 Å². The average molecular weight is 332 g/mol. The van der Waals surface area contributed by atoms with Crippen LogP contribution in [0.5, 0.6) is 0 Å². The molecule has 5 nitrogen and oxygen atoms in total. The van der Waals surface area contributed by atoms with Crippen LogP contribution in [0.15, 0.2) is 16.5 Å². The third-order valence-corrected chi connectivity index (χ3v) is 5.86. The minimum Gasteiger partial charge on any atom is -0.465 e. The molecule has 0 saturated carbocycles. The Hall–Kier alpha value is -1.33. The summed E-state index contributed by atoms with van der Waals surface area (Å²) < 4.78 is 11.7. The van der Waals surface area contributed by atoms with E-state index < -0.39 is 0 Å². The lowest BCUT2D eigenvalue weighted by atomic mass is 9.78. The summed E-state index contributed by atoms with van der Waals surface area (Å²) in [7, 11) is 0. The van der Waals surface area contributed by atoms with Crippen LogP contribution in [-0.2, 0) is 16.1 Å². The maximum absolute atomic E-state index is 13.0. The molecule has 0 N–H and O–H groups in total. The molecule has 132 valence electrons. The Balaban J connectivity index is 1.43. The highest BCUT2D eigenvalue weighted by atomic mass is 16.5. The molecule has 0 aliphatic carbocycles. The molecule has 4 rings (SSSR count). The topological polar surface area (TPSA) is 45.9 Å². The number of rotatable bonds is 3. The quantitative estimate of drug-likeness (QED) is 0.853. The second-order valence-corrected chi connectivity index (χ2v) is 7.54. The molecular weight excluding hydrogens is 304 g/mol. The molecule has 4 heterocycles. The molecule has 3 aliphatic rings. The van der Waals surface area contributed by atoms with Crippen LogP contribution in [0.2, 0.25) is 0 Å². The van der Waals surface area contributed by atoms with Crippen LogP contribution in [0, 0.1) is 18.8 Å². The fourth-order valence-electron chi connectivity index (χ4n) is 4.60. The van der Waals surface area contributed by atoms with Crippen molar-refractivity contribution in [2.45, 2.75) is 45.3 Å². The van der Waals surface area contributed by atoms with Crippen molar-refractivity contribution in [2.24, 2.45) is 11.8 Å². The number of hydrogen-bond donors (Lipinski definition) is 0. The van der Waals surface area contributed by atoms with E-state index in [2.05, 4.69) is 15.9 Å². The van der Waals surface area contributed by atoms with Gasteiger partial charge in [0.1, 0.15) is 11.5 Å². The maximum Gasteiger partial charge on any atom is 0.226 e. The van der Waals surface area contributed by atoms with Gasteiger partial charge in [-0.15, -0.1) is 0 Å². The van der Waals surface area contributed by atoms with E-state index in [1.165, 1.54) is 0 Å². The predicted octanol–water partition coefficient (Wildman–Crippen LogP) is 2.44. The van der Waals surface area contributed by atoms with Crippen LogP contribution >= 0.6 is 0 Å². The summed E-state index contributed by atoms with van der Waals surface area (Å²) in [4.78, 5) is 17.5. The first-order valence-corrected chi connectivity index (χ1v) is 9.39. The van der Waals surface area contributed by atoms with Gasteiger partial charge in [0, 0.05) is 44.6 Å². The number of furan rings is 1. The third kappa shape index (κ3) is 3.24. The zero-order valence-corrected chi connectivity index (χ0v) is 14.6. The molecule has 5 heteroatoms. The van der Waals surface area contributed by atoms with E-state index >= 15 is 0 Å². The zero-order valence-electron chi connectivity index (χ0n) is 14.6. The highest BCUT2D eigenvalue weighted by Gasteiger charge is 2.43.